The molecule has 1 rings (SSSR count). The predicted molar refractivity (Wildman–Crippen MR) is 54.5 cm³/mol. The molecule has 0 fully saturated rings. The monoisotopic (exact) mass is 228 g/mol. The van der Waals surface area contributed by atoms with Gasteiger partial charge in [0.15, 0.2) is 0 Å². The summed E-state index contributed by atoms with van der Waals surface area (Å²) in [6.07, 6.45) is 0. The van der Waals surface area contributed by atoms with E-state index in [4.69, 9.17) is 5.73 Å². The lowest BCUT2D eigenvalue weighted by Gasteiger charge is -2.05. The molecule has 0 atom stereocenters. The maximum atomic E-state index is 12.7. The average Bonchev–Trinajstić information content (AvgIpc) is 2.26. The number of rotatable bonds is 2. The van der Waals surface area contributed by atoms with Gasteiger partial charge in [-0.05, 0) is 17.7 Å². The van der Waals surface area contributed by atoms with Crippen molar-refractivity contribution in [1.82, 2.24) is 10.6 Å². The van der Waals surface area contributed by atoms with E-state index >= 15 is 0 Å². The van der Waals surface area contributed by atoms with Crippen molar-refractivity contribution in [2.45, 2.75) is 6.54 Å². The smallest absolute Gasteiger partial charge is 0.321 e. The molecule has 4 N–H and O–H groups in total. The van der Waals surface area contributed by atoms with E-state index < -0.39 is 17.8 Å². The molecule has 0 radical (unpaired) electrons. The maximum Gasteiger partial charge on any atom is 0.321 e. The van der Waals surface area contributed by atoms with Crippen LogP contribution in [0.1, 0.15) is 5.56 Å². The molecule has 0 aromatic heterocycles. The Bertz CT molecular complexity index is 408. The summed E-state index contributed by atoms with van der Waals surface area (Å²) < 4.78 is 24.3. The first kappa shape index (κ1) is 11.9. The van der Waals surface area contributed by atoms with Gasteiger partial charge in [0, 0.05) is 6.54 Å². The van der Waals surface area contributed by atoms with Crippen molar-refractivity contribution in [2.24, 2.45) is 10.9 Å². The van der Waals surface area contributed by atoms with Crippen molar-refractivity contribution in [1.29, 1.82) is 0 Å². The molecule has 7 heteroatoms. The van der Waals surface area contributed by atoms with Crippen molar-refractivity contribution in [2.75, 3.05) is 0 Å². The largest absolute Gasteiger partial charge is 0.367 e. The Hall–Kier alpha value is -2.18. The van der Waals surface area contributed by atoms with E-state index in [1.165, 1.54) is 18.2 Å². The number of benzene rings is 1. The molecule has 0 bridgehead atoms. The van der Waals surface area contributed by atoms with E-state index in [0.29, 0.717) is 5.56 Å². The van der Waals surface area contributed by atoms with Gasteiger partial charge in [0.2, 0.25) is 5.96 Å². The summed E-state index contributed by atoms with van der Waals surface area (Å²) in [5, 5.41) is 6.33. The zero-order valence-corrected chi connectivity index (χ0v) is 8.21. The third kappa shape index (κ3) is 3.91. The minimum atomic E-state index is -0.719. The number of nitrogens with zero attached hydrogens (tertiary/aromatic N) is 1. The first-order valence-electron chi connectivity index (χ1n) is 4.35. The average molecular weight is 228 g/mol. The van der Waals surface area contributed by atoms with E-state index in [9.17, 15) is 13.7 Å². The Kier molecular flexibility index (Phi) is 4.19. The fourth-order valence-corrected chi connectivity index (χ4v) is 1.01. The van der Waals surface area contributed by atoms with Crippen LogP contribution >= 0.6 is 0 Å². The van der Waals surface area contributed by atoms with Gasteiger partial charge in [0.05, 0.1) is 0 Å². The lowest BCUT2D eigenvalue weighted by molar-refractivity contribution is 0.244. The highest BCUT2D eigenvalue weighted by molar-refractivity contribution is 5.94. The molecule has 86 valence electrons. The fourth-order valence-electron chi connectivity index (χ4n) is 1.01. The number of nitrogens with one attached hydrogen (secondary N) is 2. The van der Waals surface area contributed by atoms with Crippen LogP contribution in [0.2, 0.25) is 0 Å². The lowest BCUT2D eigenvalue weighted by atomic mass is 10.2. The van der Waals surface area contributed by atoms with Gasteiger partial charge >= 0.3 is 6.03 Å². The second kappa shape index (κ2) is 5.64. The quantitative estimate of drug-likeness (QED) is 0.517. The molecule has 5 nitrogen and oxygen atoms in total. The molecule has 16 heavy (non-hydrogen) atoms. The summed E-state index contributed by atoms with van der Waals surface area (Å²) in [5.74, 6) is -1.04. The van der Waals surface area contributed by atoms with Crippen LogP contribution in [-0.4, -0.2) is 12.0 Å². The van der Waals surface area contributed by atoms with E-state index in [2.05, 4.69) is 10.5 Å². The molecule has 0 saturated carbocycles. The van der Waals surface area contributed by atoms with Crippen molar-refractivity contribution in [3.8, 4) is 0 Å². The highest BCUT2D eigenvalue weighted by Gasteiger charge is 2.02. The van der Waals surface area contributed by atoms with Gasteiger partial charge in [0.1, 0.15) is 5.82 Å². The van der Waals surface area contributed by atoms with Crippen LogP contribution in [0.3, 0.4) is 0 Å². The molecule has 0 spiro atoms. The summed E-state index contributed by atoms with van der Waals surface area (Å²) in [5.41, 5.74) is 5.48. The molecule has 0 saturated heterocycles. The van der Waals surface area contributed by atoms with Gasteiger partial charge in [-0.3, -0.25) is 5.32 Å². The third-order valence-electron chi connectivity index (χ3n) is 1.67. The number of amides is 2. The summed E-state index contributed by atoms with van der Waals surface area (Å²) in [4.78, 5) is 11.0. The number of halogens is 2. The van der Waals surface area contributed by atoms with Crippen LogP contribution in [0.5, 0.6) is 0 Å². The summed E-state index contributed by atoms with van der Waals surface area (Å²) >= 11 is 0. The number of carbonyl (C=O) groups excluding carboxylic acids is 1. The van der Waals surface area contributed by atoms with E-state index in [0.717, 1.165) is 0 Å². The molecular formula is C9H10F2N4O. The summed E-state index contributed by atoms with van der Waals surface area (Å²) in [7, 11) is 0. The van der Waals surface area contributed by atoms with Crippen LogP contribution < -0.4 is 16.4 Å². The van der Waals surface area contributed by atoms with Crippen molar-refractivity contribution >= 4 is 12.0 Å². The number of urea groups is 1. The molecule has 0 unspecified atom stereocenters. The lowest BCUT2D eigenvalue weighted by Crippen LogP contribution is -2.42. The zero-order valence-electron chi connectivity index (χ0n) is 8.21. The SMILES string of the molecule is NC(=NF)NC(=O)NCc1cccc(F)c1. The molecule has 1 aromatic carbocycles. The van der Waals surface area contributed by atoms with E-state index in [1.807, 2.05) is 5.32 Å². The minimum absolute atomic E-state index is 0.100. The standard InChI is InChI=1S/C9H10F2N4O/c10-7-3-1-2-6(4-7)5-13-9(16)14-8(12)15-11/h1-4H,5H2,(H4,12,13,14,15,16). The number of hydrogen-bond donors (Lipinski definition) is 3. The molecule has 0 heterocycles. The Morgan fingerprint density at radius 2 is 2.25 bits per heavy atom. The predicted octanol–water partition coefficient (Wildman–Crippen LogP) is 0.824. The van der Waals surface area contributed by atoms with E-state index in [-0.39, 0.29) is 6.54 Å². The topological polar surface area (TPSA) is 79.5 Å². The van der Waals surface area contributed by atoms with Gasteiger partial charge in [-0.15, -0.1) is 0 Å². The van der Waals surface area contributed by atoms with Gasteiger partial charge in [0.25, 0.3) is 0 Å². The van der Waals surface area contributed by atoms with E-state index in [1.54, 1.807) is 6.07 Å². The van der Waals surface area contributed by atoms with Crippen LogP contribution in [0.25, 0.3) is 0 Å². The third-order valence-corrected chi connectivity index (χ3v) is 1.67. The van der Waals surface area contributed by atoms with Gasteiger partial charge in [-0.25, -0.2) is 9.18 Å². The van der Waals surface area contributed by atoms with Crippen molar-refractivity contribution < 1.29 is 13.7 Å². The molecular weight excluding hydrogens is 218 g/mol. The van der Waals surface area contributed by atoms with Crippen LogP contribution in [0.15, 0.2) is 29.5 Å². The van der Waals surface area contributed by atoms with Crippen LogP contribution in [0, 0.1) is 5.82 Å². The number of nitrogens with two attached hydrogens (primary N) is 1. The van der Waals surface area contributed by atoms with Gasteiger partial charge in [-0.2, -0.15) is 0 Å². The molecule has 0 aliphatic heterocycles. The fraction of sp³-hybridized carbons (Fsp3) is 0.111. The normalized spacial score (nSPS) is 11.0. The number of carbonyl (C=O) groups is 1. The molecule has 0 aliphatic carbocycles. The number of guanidine groups is 1. The van der Waals surface area contributed by atoms with Gasteiger partial charge in [-0.1, -0.05) is 21.8 Å². The summed E-state index contributed by atoms with van der Waals surface area (Å²) in [6.45, 7) is 0.100. The second-order valence-electron chi connectivity index (χ2n) is 2.91. The van der Waals surface area contributed by atoms with Crippen LogP contribution in [0.4, 0.5) is 13.7 Å². The molecule has 0 aliphatic rings. The first-order valence-corrected chi connectivity index (χ1v) is 4.35. The Morgan fingerprint density at radius 3 is 2.88 bits per heavy atom. The number of hydrogen-bond acceptors (Lipinski definition) is 2. The highest BCUT2D eigenvalue weighted by atomic mass is 19.2. The van der Waals surface area contributed by atoms with Crippen molar-refractivity contribution in [3.05, 3.63) is 35.6 Å². The van der Waals surface area contributed by atoms with Crippen LogP contribution in [-0.2, 0) is 6.54 Å². The molecule has 1 aromatic rings. The Morgan fingerprint density at radius 1 is 1.50 bits per heavy atom. The summed E-state index contributed by atoms with van der Waals surface area (Å²) in [6, 6.07) is 4.99. The Labute approximate surface area is 90.3 Å². The van der Waals surface area contributed by atoms with Gasteiger partial charge < -0.3 is 11.1 Å². The van der Waals surface area contributed by atoms with Crippen molar-refractivity contribution in [3.63, 3.8) is 0 Å². The first-order chi connectivity index (χ1) is 7.61. The minimum Gasteiger partial charge on any atom is -0.367 e. The highest BCUT2D eigenvalue weighted by Crippen LogP contribution is 2.02. The zero-order chi connectivity index (χ0) is 12.0. The molecule has 2 amide bonds. The maximum absolute atomic E-state index is 12.7. The second-order valence-corrected chi connectivity index (χ2v) is 2.91. The Balaban J connectivity index is 2.43.